The lowest BCUT2D eigenvalue weighted by molar-refractivity contribution is -0.129. The molecule has 2 rings (SSSR count). The largest absolute Gasteiger partial charge is 0.381 e. The Morgan fingerprint density at radius 3 is 2.73 bits per heavy atom. The Bertz CT molecular complexity index is 251. The summed E-state index contributed by atoms with van der Waals surface area (Å²) in [5.41, 5.74) is 0.269. The maximum Gasteiger partial charge on any atom is 0.236 e. The molecular formula is C11H18BrNO2. The maximum absolute atomic E-state index is 11.8. The van der Waals surface area contributed by atoms with Crippen molar-refractivity contribution in [2.45, 2.75) is 31.0 Å². The van der Waals surface area contributed by atoms with Crippen molar-refractivity contribution in [3.8, 4) is 0 Å². The fraction of sp³-hybridized carbons (Fsp3) is 0.909. The van der Waals surface area contributed by atoms with E-state index in [2.05, 4.69) is 22.9 Å². The highest BCUT2D eigenvalue weighted by molar-refractivity contribution is 9.10. The number of hydrogen-bond donors (Lipinski definition) is 0. The van der Waals surface area contributed by atoms with E-state index in [0.717, 1.165) is 45.6 Å². The fourth-order valence-corrected chi connectivity index (χ4v) is 2.84. The van der Waals surface area contributed by atoms with Gasteiger partial charge in [0, 0.05) is 26.3 Å². The summed E-state index contributed by atoms with van der Waals surface area (Å²) in [7, 11) is 0. The van der Waals surface area contributed by atoms with E-state index in [4.69, 9.17) is 4.74 Å². The second-order valence-electron chi connectivity index (χ2n) is 4.94. The number of ether oxygens (including phenoxy) is 1. The maximum atomic E-state index is 11.8. The van der Waals surface area contributed by atoms with E-state index < -0.39 is 0 Å². The van der Waals surface area contributed by atoms with E-state index in [1.165, 1.54) is 0 Å². The Labute approximate surface area is 99.3 Å². The van der Waals surface area contributed by atoms with Gasteiger partial charge in [0.25, 0.3) is 0 Å². The molecule has 1 unspecified atom stereocenters. The van der Waals surface area contributed by atoms with E-state index >= 15 is 0 Å². The summed E-state index contributed by atoms with van der Waals surface area (Å²) in [6.07, 6.45) is 3.10. The third-order valence-electron chi connectivity index (χ3n) is 3.50. The molecule has 0 spiro atoms. The average Bonchev–Trinajstić information content (AvgIpc) is 2.50. The van der Waals surface area contributed by atoms with Crippen LogP contribution in [0.4, 0.5) is 0 Å². The van der Waals surface area contributed by atoms with Crippen molar-refractivity contribution < 1.29 is 9.53 Å². The minimum atomic E-state index is 0.0564. The van der Waals surface area contributed by atoms with Gasteiger partial charge in [-0.3, -0.25) is 4.79 Å². The summed E-state index contributed by atoms with van der Waals surface area (Å²) in [6, 6.07) is 0. The molecule has 1 amide bonds. The molecular weight excluding hydrogens is 258 g/mol. The van der Waals surface area contributed by atoms with Crippen LogP contribution in [0.2, 0.25) is 0 Å². The zero-order valence-electron chi connectivity index (χ0n) is 9.17. The molecule has 0 aliphatic carbocycles. The topological polar surface area (TPSA) is 29.5 Å². The summed E-state index contributed by atoms with van der Waals surface area (Å²) in [5.74, 6) is 0.266. The molecule has 1 atom stereocenters. The fourth-order valence-electron chi connectivity index (χ4n) is 2.34. The van der Waals surface area contributed by atoms with E-state index in [0.29, 0.717) is 0 Å². The van der Waals surface area contributed by atoms with Crippen LogP contribution >= 0.6 is 15.9 Å². The third kappa shape index (κ3) is 2.53. The van der Waals surface area contributed by atoms with Gasteiger partial charge >= 0.3 is 0 Å². The van der Waals surface area contributed by atoms with Crippen LogP contribution in [0.25, 0.3) is 0 Å². The molecule has 0 aromatic heterocycles. The first kappa shape index (κ1) is 11.4. The Hall–Kier alpha value is -0.0900. The van der Waals surface area contributed by atoms with Crippen LogP contribution < -0.4 is 0 Å². The molecule has 2 saturated heterocycles. The number of likely N-dealkylation sites (tertiary alicyclic amines) is 1. The van der Waals surface area contributed by atoms with E-state index in [9.17, 15) is 4.79 Å². The van der Waals surface area contributed by atoms with Crippen LogP contribution in [0.5, 0.6) is 0 Å². The van der Waals surface area contributed by atoms with Crippen LogP contribution in [-0.4, -0.2) is 41.9 Å². The number of rotatable bonds is 2. The Morgan fingerprint density at radius 2 is 2.20 bits per heavy atom. The smallest absolute Gasteiger partial charge is 0.236 e. The number of carbonyl (C=O) groups excluding carboxylic acids is 1. The van der Waals surface area contributed by atoms with Gasteiger partial charge in [0.1, 0.15) is 0 Å². The molecule has 0 saturated carbocycles. The minimum Gasteiger partial charge on any atom is -0.381 e. The number of halogens is 1. The standard InChI is InChI=1S/C11H18BrNO2/c1-11(3-6-15-7-4-11)8-13-5-2-9(12)10(13)14/h9H,2-8H2,1H3. The number of hydrogen-bond acceptors (Lipinski definition) is 2. The van der Waals surface area contributed by atoms with Gasteiger partial charge in [-0.05, 0) is 24.7 Å². The van der Waals surface area contributed by atoms with Crippen molar-refractivity contribution in [3.05, 3.63) is 0 Å². The van der Waals surface area contributed by atoms with Gasteiger partial charge in [0.15, 0.2) is 0 Å². The molecule has 15 heavy (non-hydrogen) atoms. The minimum absolute atomic E-state index is 0.0564. The van der Waals surface area contributed by atoms with Crippen molar-refractivity contribution >= 4 is 21.8 Å². The lowest BCUT2D eigenvalue weighted by Gasteiger charge is -2.36. The van der Waals surface area contributed by atoms with E-state index in [1.54, 1.807) is 0 Å². The van der Waals surface area contributed by atoms with Crippen molar-refractivity contribution in [3.63, 3.8) is 0 Å². The summed E-state index contributed by atoms with van der Waals surface area (Å²) in [4.78, 5) is 13.8. The van der Waals surface area contributed by atoms with Gasteiger partial charge < -0.3 is 9.64 Å². The third-order valence-corrected chi connectivity index (χ3v) is 4.35. The molecule has 4 heteroatoms. The summed E-state index contributed by atoms with van der Waals surface area (Å²) in [5, 5.41) is 0. The van der Waals surface area contributed by atoms with Crippen LogP contribution in [0.3, 0.4) is 0 Å². The van der Waals surface area contributed by atoms with E-state index in [-0.39, 0.29) is 16.1 Å². The van der Waals surface area contributed by atoms with Crippen molar-refractivity contribution in [2.75, 3.05) is 26.3 Å². The normalized spacial score (nSPS) is 30.9. The number of amides is 1. The van der Waals surface area contributed by atoms with E-state index in [1.807, 2.05) is 4.90 Å². The first-order valence-electron chi connectivity index (χ1n) is 5.61. The monoisotopic (exact) mass is 275 g/mol. The molecule has 0 aromatic rings. The van der Waals surface area contributed by atoms with Gasteiger partial charge in [-0.2, -0.15) is 0 Å². The van der Waals surface area contributed by atoms with Gasteiger partial charge in [-0.25, -0.2) is 0 Å². The van der Waals surface area contributed by atoms with Gasteiger partial charge in [0.2, 0.25) is 5.91 Å². The Balaban J connectivity index is 1.93. The molecule has 3 nitrogen and oxygen atoms in total. The first-order chi connectivity index (χ1) is 7.11. The van der Waals surface area contributed by atoms with Crippen molar-refractivity contribution in [1.29, 1.82) is 0 Å². The summed E-state index contributed by atoms with van der Waals surface area (Å²) in [6.45, 7) is 5.76. The average molecular weight is 276 g/mol. The number of alkyl halides is 1. The quantitative estimate of drug-likeness (QED) is 0.720. The summed E-state index contributed by atoms with van der Waals surface area (Å²) < 4.78 is 5.36. The van der Waals surface area contributed by atoms with Gasteiger partial charge in [-0.15, -0.1) is 0 Å². The zero-order valence-corrected chi connectivity index (χ0v) is 10.8. The second kappa shape index (κ2) is 4.42. The Morgan fingerprint density at radius 1 is 1.53 bits per heavy atom. The van der Waals surface area contributed by atoms with Crippen LogP contribution in [0.15, 0.2) is 0 Å². The molecule has 2 fully saturated rings. The van der Waals surface area contributed by atoms with Crippen LogP contribution in [-0.2, 0) is 9.53 Å². The predicted octanol–water partition coefficient (Wildman–Crippen LogP) is 1.80. The Kier molecular flexibility index (Phi) is 3.36. The molecule has 0 N–H and O–H groups in total. The molecule has 2 aliphatic heterocycles. The molecule has 2 aliphatic rings. The highest BCUT2D eigenvalue weighted by Gasteiger charge is 2.36. The summed E-state index contributed by atoms with van der Waals surface area (Å²) >= 11 is 3.41. The van der Waals surface area contributed by atoms with Crippen molar-refractivity contribution in [1.82, 2.24) is 4.90 Å². The molecule has 0 radical (unpaired) electrons. The second-order valence-corrected chi connectivity index (χ2v) is 6.04. The first-order valence-corrected chi connectivity index (χ1v) is 6.53. The van der Waals surface area contributed by atoms with Crippen molar-refractivity contribution in [2.24, 2.45) is 5.41 Å². The molecule has 0 aromatic carbocycles. The molecule has 2 heterocycles. The highest BCUT2D eigenvalue weighted by Crippen LogP contribution is 2.32. The highest BCUT2D eigenvalue weighted by atomic mass is 79.9. The molecule has 0 bridgehead atoms. The number of carbonyl (C=O) groups is 1. The van der Waals surface area contributed by atoms with Gasteiger partial charge in [0.05, 0.1) is 4.83 Å². The predicted molar refractivity (Wildman–Crippen MR) is 62.1 cm³/mol. The SMILES string of the molecule is CC1(CN2CCC(Br)C2=O)CCOCC1. The van der Waals surface area contributed by atoms with Crippen LogP contribution in [0, 0.1) is 5.41 Å². The lowest BCUT2D eigenvalue weighted by Crippen LogP contribution is -2.41. The number of nitrogens with zero attached hydrogens (tertiary/aromatic N) is 1. The molecule has 86 valence electrons. The van der Waals surface area contributed by atoms with Gasteiger partial charge in [-0.1, -0.05) is 22.9 Å². The van der Waals surface area contributed by atoms with Crippen LogP contribution in [0.1, 0.15) is 26.2 Å². The zero-order chi connectivity index (χ0) is 10.9. The lowest BCUT2D eigenvalue weighted by atomic mass is 9.82.